The third-order valence-electron chi connectivity index (χ3n) is 5.65. The van der Waals surface area contributed by atoms with Crippen LogP contribution in [0.3, 0.4) is 0 Å². The Labute approximate surface area is 174 Å². The number of nitrogens with one attached hydrogen (secondary N) is 1. The number of nitrogens with zero attached hydrogens (tertiary/aromatic N) is 1. The van der Waals surface area contributed by atoms with Crippen LogP contribution in [0, 0.1) is 13.8 Å². The number of aromatic hydroxyl groups is 1. The van der Waals surface area contributed by atoms with E-state index in [1.54, 1.807) is 0 Å². The van der Waals surface area contributed by atoms with E-state index in [4.69, 9.17) is 4.98 Å². The van der Waals surface area contributed by atoms with Crippen LogP contribution < -0.4 is 5.32 Å². The Morgan fingerprint density at radius 2 is 1.41 bits per heavy atom. The van der Waals surface area contributed by atoms with Crippen LogP contribution in [-0.2, 0) is 6.54 Å². The highest BCUT2D eigenvalue weighted by Gasteiger charge is 2.17. The van der Waals surface area contributed by atoms with Crippen molar-refractivity contribution in [2.75, 3.05) is 5.32 Å². The summed E-state index contributed by atoms with van der Waals surface area (Å²) >= 11 is 0. The third-order valence-corrected chi connectivity index (χ3v) is 5.65. The lowest BCUT2D eigenvalue weighted by molar-refractivity contribution is 0.460. The molecule has 0 saturated carbocycles. The van der Waals surface area contributed by atoms with E-state index in [2.05, 4.69) is 63.3 Å². The number of hydrogen-bond donors (Lipinski definition) is 2. The van der Waals surface area contributed by atoms with Gasteiger partial charge in [-0.2, -0.15) is 0 Å². The maximum atomic E-state index is 10.8. The molecule has 3 nitrogen and oxygen atoms in total. The highest BCUT2D eigenvalue weighted by molar-refractivity contribution is 5.67. The van der Waals surface area contributed by atoms with Gasteiger partial charge in [-0.25, -0.2) is 4.98 Å². The molecule has 3 heteroatoms. The maximum absolute atomic E-state index is 10.8. The zero-order chi connectivity index (χ0) is 21.1. The number of hydrogen-bond acceptors (Lipinski definition) is 3. The summed E-state index contributed by atoms with van der Waals surface area (Å²) < 4.78 is 0. The summed E-state index contributed by atoms with van der Waals surface area (Å²) in [7, 11) is 0. The van der Waals surface area contributed by atoms with E-state index in [0.717, 1.165) is 28.1 Å². The van der Waals surface area contributed by atoms with Gasteiger partial charge in [0.05, 0.1) is 12.2 Å². The molecule has 0 bridgehead atoms. The molecule has 0 aliphatic rings. The second-order valence-corrected chi connectivity index (χ2v) is 8.35. The van der Waals surface area contributed by atoms with Crippen molar-refractivity contribution < 1.29 is 5.11 Å². The second kappa shape index (κ2) is 8.69. The Kier molecular flexibility index (Phi) is 6.26. The fourth-order valence-electron chi connectivity index (χ4n) is 3.77. The van der Waals surface area contributed by atoms with Gasteiger partial charge in [-0.3, -0.25) is 0 Å². The first-order chi connectivity index (χ1) is 13.8. The highest BCUT2D eigenvalue weighted by Crippen LogP contribution is 2.35. The van der Waals surface area contributed by atoms with Crippen molar-refractivity contribution in [3.05, 3.63) is 76.5 Å². The minimum atomic E-state index is 0.280. The first kappa shape index (κ1) is 20.9. The number of para-hydroxylation sites is 1. The minimum absolute atomic E-state index is 0.280. The van der Waals surface area contributed by atoms with Crippen molar-refractivity contribution in [3.63, 3.8) is 0 Å². The molecule has 0 aliphatic heterocycles. The van der Waals surface area contributed by atoms with Crippen LogP contribution in [-0.4, -0.2) is 10.1 Å². The van der Waals surface area contributed by atoms with Gasteiger partial charge in [0.2, 0.25) is 0 Å². The molecular weight excluding hydrogens is 356 g/mol. The summed E-state index contributed by atoms with van der Waals surface area (Å²) in [6, 6.07) is 16.7. The molecule has 0 atom stereocenters. The average molecular weight is 389 g/mol. The van der Waals surface area contributed by atoms with Gasteiger partial charge in [0, 0.05) is 11.3 Å². The Morgan fingerprint density at radius 3 is 1.97 bits per heavy atom. The normalized spacial score (nSPS) is 11.3. The molecule has 2 N–H and O–H groups in total. The Hall–Kier alpha value is -2.81. The molecule has 0 saturated heterocycles. The van der Waals surface area contributed by atoms with Gasteiger partial charge in [0.15, 0.2) is 0 Å². The van der Waals surface area contributed by atoms with Crippen molar-refractivity contribution >= 4 is 5.69 Å². The first-order valence-electron chi connectivity index (χ1n) is 10.4. The van der Waals surface area contributed by atoms with E-state index in [-0.39, 0.29) is 5.75 Å². The van der Waals surface area contributed by atoms with E-state index in [1.807, 2.05) is 32.0 Å². The van der Waals surface area contributed by atoms with Gasteiger partial charge in [-0.05, 0) is 47.9 Å². The number of benzene rings is 2. The SMILES string of the molecule is Cc1c(-c2ccccc2)nc(CNc2c(C(C)C)cccc2C(C)C)c(O)c1C. The van der Waals surface area contributed by atoms with Crippen molar-refractivity contribution in [1.29, 1.82) is 0 Å². The molecule has 0 aliphatic carbocycles. The molecule has 0 unspecified atom stereocenters. The predicted octanol–water partition coefficient (Wildman–Crippen LogP) is 6.93. The van der Waals surface area contributed by atoms with Crippen molar-refractivity contribution in [1.82, 2.24) is 4.98 Å². The van der Waals surface area contributed by atoms with E-state index in [9.17, 15) is 5.11 Å². The molecule has 0 fully saturated rings. The lowest BCUT2D eigenvalue weighted by Crippen LogP contribution is -2.10. The van der Waals surface area contributed by atoms with Crippen LogP contribution in [0.5, 0.6) is 5.75 Å². The van der Waals surface area contributed by atoms with Crippen LogP contribution in [0.15, 0.2) is 48.5 Å². The molecule has 1 heterocycles. The van der Waals surface area contributed by atoms with Gasteiger partial charge in [-0.15, -0.1) is 0 Å². The Morgan fingerprint density at radius 1 is 0.828 bits per heavy atom. The van der Waals surface area contributed by atoms with Gasteiger partial charge >= 0.3 is 0 Å². The smallest absolute Gasteiger partial charge is 0.142 e. The fraction of sp³-hybridized carbons (Fsp3) is 0.346. The lowest BCUT2D eigenvalue weighted by Gasteiger charge is -2.22. The standard InChI is InChI=1S/C26H32N2O/c1-16(2)21-13-10-14-22(17(3)4)25(21)27-15-23-26(29)19(6)18(5)24(28-23)20-11-8-7-9-12-20/h7-14,16-17,27,29H,15H2,1-6H3. The largest absolute Gasteiger partial charge is 0.506 e. The summed E-state index contributed by atoms with van der Waals surface area (Å²) in [4.78, 5) is 4.85. The Balaban J connectivity index is 2.01. The molecule has 0 radical (unpaired) electrons. The summed E-state index contributed by atoms with van der Waals surface area (Å²) in [5.74, 6) is 1.11. The van der Waals surface area contributed by atoms with Crippen LogP contribution in [0.4, 0.5) is 5.69 Å². The summed E-state index contributed by atoms with van der Waals surface area (Å²) in [6.45, 7) is 13.3. The molecule has 29 heavy (non-hydrogen) atoms. The molecule has 3 rings (SSSR count). The fourth-order valence-corrected chi connectivity index (χ4v) is 3.77. The van der Waals surface area contributed by atoms with Gasteiger partial charge < -0.3 is 10.4 Å². The molecule has 0 spiro atoms. The molecule has 0 amide bonds. The molecule has 2 aromatic carbocycles. The van der Waals surface area contributed by atoms with Gasteiger partial charge in [0.1, 0.15) is 11.4 Å². The topological polar surface area (TPSA) is 45.2 Å². The van der Waals surface area contributed by atoms with Gasteiger partial charge in [0.25, 0.3) is 0 Å². The van der Waals surface area contributed by atoms with E-state index in [1.165, 1.54) is 11.1 Å². The average Bonchev–Trinajstić information content (AvgIpc) is 2.71. The van der Waals surface area contributed by atoms with E-state index >= 15 is 0 Å². The monoisotopic (exact) mass is 388 g/mol. The quantitative estimate of drug-likeness (QED) is 0.481. The number of anilines is 1. The molecule has 3 aromatic rings. The maximum Gasteiger partial charge on any atom is 0.142 e. The predicted molar refractivity (Wildman–Crippen MR) is 123 cm³/mol. The minimum Gasteiger partial charge on any atom is -0.506 e. The Bertz CT molecular complexity index is 965. The molecule has 1 aromatic heterocycles. The van der Waals surface area contributed by atoms with Crippen molar-refractivity contribution in [2.24, 2.45) is 0 Å². The zero-order valence-electron chi connectivity index (χ0n) is 18.4. The highest BCUT2D eigenvalue weighted by atomic mass is 16.3. The number of aromatic nitrogens is 1. The van der Waals surface area contributed by atoms with Crippen LogP contribution in [0.2, 0.25) is 0 Å². The summed E-state index contributed by atoms with van der Waals surface area (Å²) in [5.41, 5.74) is 8.34. The second-order valence-electron chi connectivity index (χ2n) is 8.35. The van der Waals surface area contributed by atoms with Crippen molar-refractivity contribution in [2.45, 2.75) is 59.9 Å². The number of rotatable bonds is 6. The third kappa shape index (κ3) is 4.29. The zero-order valence-corrected chi connectivity index (χ0v) is 18.4. The summed E-state index contributed by atoms with van der Waals surface area (Å²) in [5, 5.41) is 14.4. The van der Waals surface area contributed by atoms with E-state index < -0.39 is 0 Å². The van der Waals surface area contributed by atoms with Gasteiger partial charge in [-0.1, -0.05) is 76.2 Å². The van der Waals surface area contributed by atoms with Crippen LogP contribution in [0.1, 0.15) is 67.5 Å². The number of pyridine rings is 1. The van der Waals surface area contributed by atoms with Crippen LogP contribution >= 0.6 is 0 Å². The van der Waals surface area contributed by atoms with E-state index in [0.29, 0.717) is 24.1 Å². The molecular formula is C26H32N2O. The summed E-state index contributed by atoms with van der Waals surface area (Å²) in [6.07, 6.45) is 0. The van der Waals surface area contributed by atoms with Crippen LogP contribution in [0.25, 0.3) is 11.3 Å². The van der Waals surface area contributed by atoms with Crippen molar-refractivity contribution in [3.8, 4) is 17.0 Å². The molecule has 152 valence electrons. The first-order valence-corrected chi connectivity index (χ1v) is 10.4. The lowest BCUT2D eigenvalue weighted by atomic mass is 9.92.